The van der Waals surface area contributed by atoms with E-state index in [1.165, 1.54) is 0 Å². The Bertz CT molecular complexity index is 1000. The number of methoxy groups -OCH3 is 1. The van der Waals surface area contributed by atoms with Crippen LogP contribution in [0, 0.1) is 6.92 Å². The zero-order valence-corrected chi connectivity index (χ0v) is 16.4. The third-order valence-electron chi connectivity index (χ3n) is 4.30. The molecule has 0 aliphatic carbocycles. The van der Waals surface area contributed by atoms with E-state index in [9.17, 15) is 9.59 Å². The van der Waals surface area contributed by atoms with Crippen LogP contribution in [0.4, 0.5) is 17.1 Å². The summed E-state index contributed by atoms with van der Waals surface area (Å²) in [5, 5.41) is 8.70. The summed E-state index contributed by atoms with van der Waals surface area (Å²) in [6, 6.07) is 21.8. The van der Waals surface area contributed by atoms with Gasteiger partial charge in [0.05, 0.1) is 24.9 Å². The predicted octanol–water partition coefficient (Wildman–Crippen LogP) is 4.31. The molecular formula is C23H23N3O3. The van der Waals surface area contributed by atoms with Gasteiger partial charge in [-0.25, -0.2) is 0 Å². The molecule has 3 aromatic rings. The quantitative estimate of drug-likeness (QED) is 0.563. The summed E-state index contributed by atoms with van der Waals surface area (Å²) in [5.74, 6) is 0.0871. The fourth-order valence-corrected chi connectivity index (χ4v) is 2.79. The first-order valence-corrected chi connectivity index (χ1v) is 9.20. The molecule has 29 heavy (non-hydrogen) atoms. The van der Waals surface area contributed by atoms with E-state index in [0.717, 1.165) is 5.56 Å². The molecule has 2 amide bonds. The average Bonchev–Trinajstić information content (AvgIpc) is 2.74. The maximum Gasteiger partial charge on any atom is 0.257 e. The second kappa shape index (κ2) is 9.41. The first kappa shape index (κ1) is 19.9. The summed E-state index contributed by atoms with van der Waals surface area (Å²) in [6.07, 6.45) is 0. The number of rotatable bonds is 7. The minimum atomic E-state index is -0.248. The molecule has 148 valence electrons. The summed E-state index contributed by atoms with van der Waals surface area (Å²) in [4.78, 5) is 25.0. The molecule has 3 aromatic carbocycles. The summed E-state index contributed by atoms with van der Waals surface area (Å²) < 4.78 is 5.24. The third-order valence-corrected chi connectivity index (χ3v) is 4.30. The molecule has 0 saturated heterocycles. The van der Waals surface area contributed by atoms with Gasteiger partial charge in [-0.3, -0.25) is 9.59 Å². The van der Waals surface area contributed by atoms with Crippen molar-refractivity contribution in [3.63, 3.8) is 0 Å². The first-order valence-electron chi connectivity index (χ1n) is 9.20. The largest absolute Gasteiger partial charge is 0.495 e. The van der Waals surface area contributed by atoms with Gasteiger partial charge >= 0.3 is 0 Å². The second-order valence-corrected chi connectivity index (χ2v) is 6.47. The fourth-order valence-electron chi connectivity index (χ4n) is 2.79. The molecule has 6 nitrogen and oxygen atoms in total. The number of hydrogen-bond donors (Lipinski definition) is 3. The molecule has 0 aliphatic heterocycles. The van der Waals surface area contributed by atoms with E-state index in [-0.39, 0.29) is 18.4 Å². The van der Waals surface area contributed by atoms with Gasteiger partial charge in [-0.1, -0.05) is 42.0 Å². The van der Waals surface area contributed by atoms with E-state index >= 15 is 0 Å². The van der Waals surface area contributed by atoms with Gasteiger partial charge in [-0.15, -0.1) is 0 Å². The fraction of sp³-hybridized carbons (Fsp3) is 0.130. The molecule has 0 fully saturated rings. The van der Waals surface area contributed by atoms with Gasteiger partial charge in [0.2, 0.25) is 5.91 Å². The van der Waals surface area contributed by atoms with Gasteiger partial charge in [-0.2, -0.15) is 0 Å². The molecule has 0 heterocycles. The van der Waals surface area contributed by atoms with Crippen LogP contribution in [0.15, 0.2) is 72.8 Å². The Morgan fingerprint density at radius 1 is 0.828 bits per heavy atom. The van der Waals surface area contributed by atoms with Gasteiger partial charge in [-0.05, 0) is 43.3 Å². The SMILES string of the molecule is COc1ccccc1NC(=O)CNc1ccccc1C(=O)Nc1ccc(C)cc1. The van der Waals surface area contributed by atoms with Crippen LogP contribution in [0.3, 0.4) is 0 Å². The highest BCUT2D eigenvalue weighted by Crippen LogP contribution is 2.23. The van der Waals surface area contributed by atoms with Crippen LogP contribution in [0.25, 0.3) is 0 Å². The Morgan fingerprint density at radius 3 is 2.21 bits per heavy atom. The Balaban J connectivity index is 1.65. The number of anilines is 3. The Kier molecular flexibility index (Phi) is 6.47. The molecule has 0 bridgehead atoms. The minimum absolute atomic E-state index is 0.00682. The number of benzene rings is 3. The van der Waals surface area contributed by atoms with Crippen LogP contribution in [-0.2, 0) is 4.79 Å². The van der Waals surface area contributed by atoms with Crippen LogP contribution in [0.2, 0.25) is 0 Å². The molecule has 0 unspecified atom stereocenters. The van der Waals surface area contributed by atoms with Crippen LogP contribution in [0.1, 0.15) is 15.9 Å². The van der Waals surface area contributed by atoms with E-state index in [1.54, 1.807) is 37.4 Å². The topological polar surface area (TPSA) is 79.5 Å². The van der Waals surface area contributed by atoms with Crippen molar-refractivity contribution in [3.8, 4) is 5.75 Å². The van der Waals surface area contributed by atoms with Crippen molar-refractivity contribution in [3.05, 3.63) is 83.9 Å². The molecule has 0 aromatic heterocycles. The molecule has 0 radical (unpaired) electrons. The van der Waals surface area contributed by atoms with E-state index in [2.05, 4.69) is 16.0 Å². The van der Waals surface area contributed by atoms with E-state index < -0.39 is 0 Å². The molecule has 0 spiro atoms. The van der Waals surface area contributed by atoms with Crippen LogP contribution in [0.5, 0.6) is 5.75 Å². The lowest BCUT2D eigenvalue weighted by atomic mass is 10.1. The normalized spacial score (nSPS) is 10.1. The molecule has 3 N–H and O–H groups in total. The van der Waals surface area contributed by atoms with E-state index in [4.69, 9.17) is 4.74 Å². The van der Waals surface area contributed by atoms with Crippen LogP contribution < -0.4 is 20.7 Å². The number of carbonyl (C=O) groups is 2. The van der Waals surface area contributed by atoms with Gasteiger partial charge < -0.3 is 20.7 Å². The number of amides is 2. The van der Waals surface area contributed by atoms with Crippen molar-refractivity contribution >= 4 is 28.9 Å². The summed E-state index contributed by atoms with van der Waals surface area (Å²) in [5.41, 5.74) is 3.45. The highest BCUT2D eigenvalue weighted by Gasteiger charge is 2.13. The van der Waals surface area contributed by atoms with Gasteiger partial charge in [0.25, 0.3) is 5.91 Å². The van der Waals surface area contributed by atoms with Crippen molar-refractivity contribution < 1.29 is 14.3 Å². The highest BCUT2D eigenvalue weighted by molar-refractivity contribution is 6.08. The maximum atomic E-state index is 12.7. The van der Waals surface area contributed by atoms with Gasteiger partial charge in [0.15, 0.2) is 0 Å². The van der Waals surface area contributed by atoms with Gasteiger partial charge in [0.1, 0.15) is 5.75 Å². The zero-order valence-electron chi connectivity index (χ0n) is 16.4. The number of para-hydroxylation sites is 3. The van der Waals surface area contributed by atoms with Gasteiger partial charge in [0, 0.05) is 11.4 Å². The van der Waals surface area contributed by atoms with Crippen molar-refractivity contribution in [2.75, 3.05) is 29.6 Å². The smallest absolute Gasteiger partial charge is 0.257 e. The average molecular weight is 389 g/mol. The Morgan fingerprint density at radius 2 is 1.48 bits per heavy atom. The van der Waals surface area contributed by atoms with E-state index in [1.807, 2.05) is 49.4 Å². The minimum Gasteiger partial charge on any atom is -0.495 e. The van der Waals surface area contributed by atoms with Crippen molar-refractivity contribution in [2.24, 2.45) is 0 Å². The van der Waals surface area contributed by atoms with E-state index in [0.29, 0.717) is 28.4 Å². The lowest BCUT2D eigenvalue weighted by Gasteiger charge is -2.13. The lowest BCUT2D eigenvalue weighted by Crippen LogP contribution is -2.23. The monoisotopic (exact) mass is 389 g/mol. The highest BCUT2D eigenvalue weighted by atomic mass is 16.5. The van der Waals surface area contributed by atoms with Crippen molar-refractivity contribution in [1.82, 2.24) is 0 Å². The number of nitrogens with one attached hydrogen (secondary N) is 3. The Labute approximate surface area is 169 Å². The number of ether oxygens (including phenoxy) is 1. The molecule has 0 atom stereocenters. The summed E-state index contributed by atoms with van der Waals surface area (Å²) >= 11 is 0. The lowest BCUT2D eigenvalue weighted by molar-refractivity contribution is -0.114. The standard InChI is InChI=1S/C23H23N3O3/c1-16-11-13-17(14-12-16)25-23(28)18-7-3-4-8-19(18)24-15-22(27)26-20-9-5-6-10-21(20)29-2/h3-14,24H,15H2,1-2H3,(H,25,28)(H,26,27). The number of hydrogen-bond acceptors (Lipinski definition) is 4. The van der Waals surface area contributed by atoms with Crippen LogP contribution in [-0.4, -0.2) is 25.5 Å². The molecule has 0 saturated carbocycles. The maximum absolute atomic E-state index is 12.7. The second-order valence-electron chi connectivity index (χ2n) is 6.47. The summed E-state index contributed by atoms with van der Waals surface area (Å²) in [7, 11) is 1.55. The number of aryl methyl sites for hydroxylation is 1. The van der Waals surface area contributed by atoms with Crippen LogP contribution >= 0.6 is 0 Å². The van der Waals surface area contributed by atoms with Crippen molar-refractivity contribution in [2.45, 2.75) is 6.92 Å². The Hall–Kier alpha value is -3.80. The molecular weight excluding hydrogens is 366 g/mol. The number of carbonyl (C=O) groups excluding carboxylic acids is 2. The predicted molar refractivity (Wildman–Crippen MR) is 116 cm³/mol. The summed E-state index contributed by atoms with van der Waals surface area (Å²) in [6.45, 7) is 1.99. The molecule has 6 heteroatoms. The molecule has 0 aliphatic rings. The first-order chi connectivity index (χ1) is 14.1. The third kappa shape index (κ3) is 5.35. The zero-order chi connectivity index (χ0) is 20.6. The van der Waals surface area contributed by atoms with Crippen molar-refractivity contribution in [1.29, 1.82) is 0 Å². The molecule has 3 rings (SSSR count).